The average molecular weight is 280 g/mol. The molecule has 6 heteroatoms. The first kappa shape index (κ1) is 13.2. The summed E-state index contributed by atoms with van der Waals surface area (Å²) in [4.78, 5) is 24.9. The second-order valence-corrected chi connectivity index (χ2v) is 4.20. The molecule has 19 heavy (non-hydrogen) atoms. The minimum Gasteiger partial charge on any atom is -0.496 e. The van der Waals surface area contributed by atoms with Gasteiger partial charge in [-0.25, -0.2) is 4.79 Å². The van der Waals surface area contributed by atoms with Gasteiger partial charge in [-0.15, -0.1) is 0 Å². The van der Waals surface area contributed by atoms with Crippen LogP contribution in [0.4, 0.5) is 0 Å². The number of halogens is 1. The Hall–Kier alpha value is -2.27. The second-order valence-electron chi connectivity index (χ2n) is 3.76. The maximum atomic E-state index is 11.6. The molecule has 0 bridgehead atoms. The summed E-state index contributed by atoms with van der Waals surface area (Å²) in [6.07, 6.45) is 0. The summed E-state index contributed by atoms with van der Waals surface area (Å²) in [6, 6.07) is 7.71. The number of methoxy groups -OCH3 is 1. The van der Waals surface area contributed by atoms with Gasteiger partial charge in [0.05, 0.1) is 12.8 Å². The molecule has 0 saturated heterocycles. The largest absolute Gasteiger partial charge is 0.496 e. The lowest BCUT2D eigenvalue weighted by Gasteiger charge is -2.09. The highest BCUT2D eigenvalue weighted by Gasteiger charge is 2.12. The predicted molar refractivity (Wildman–Crippen MR) is 71.0 cm³/mol. The molecule has 0 fully saturated rings. The number of carboxylic acids is 1. The molecule has 0 spiro atoms. The van der Waals surface area contributed by atoms with Crippen molar-refractivity contribution >= 4 is 17.6 Å². The molecule has 0 aliphatic heterocycles. The fourth-order valence-electron chi connectivity index (χ4n) is 1.69. The SMILES string of the molecule is COc1ccc(Cl)cc1-c1ccc(C(=O)O)c(=O)[nH]1. The number of rotatable bonds is 3. The van der Waals surface area contributed by atoms with Crippen LogP contribution in [0.2, 0.25) is 5.02 Å². The van der Waals surface area contributed by atoms with Gasteiger partial charge < -0.3 is 14.8 Å². The summed E-state index contributed by atoms with van der Waals surface area (Å²) in [5, 5.41) is 9.29. The maximum absolute atomic E-state index is 11.6. The molecule has 0 aliphatic rings. The molecule has 0 unspecified atom stereocenters. The van der Waals surface area contributed by atoms with E-state index < -0.39 is 11.5 Å². The lowest BCUT2D eigenvalue weighted by atomic mass is 10.1. The number of aromatic amines is 1. The van der Waals surface area contributed by atoms with Crippen molar-refractivity contribution in [3.8, 4) is 17.0 Å². The number of H-pyrrole nitrogens is 1. The summed E-state index contributed by atoms with van der Waals surface area (Å²) in [6.45, 7) is 0. The number of carbonyl (C=O) groups is 1. The van der Waals surface area contributed by atoms with Gasteiger partial charge in [0.25, 0.3) is 5.56 Å². The van der Waals surface area contributed by atoms with Crippen molar-refractivity contribution < 1.29 is 14.6 Å². The minimum atomic E-state index is -1.27. The maximum Gasteiger partial charge on any atom is 0.341 e. The third kappa shape index (κ3) is 2.61. The van der Waals surface area contributed by atoms with Gasteiger partial charge in [0, 0.05) is 10.6 Å². The molecule has 2 rings (SSSR count). The molecule has 1 heterocycles. The smallest absolute Gasteiger partial charge is 0.341 e. The van der Waals surface area contributed by atoms with E-state index in [4.69, 9.17) is 21.4 Å². The van der Waals surface area contributed by atoms with Crippen molar-refractivity contribution in [2.24, 2.45) is 0 Å². The molecule has 2 N–H and O–H groups in total. The Morgan fingerprint density at radius 2 is 2.05 bits per heavy atom. The van der Waals surface area contributed by atoms with Crippen LogP contribution in [-0.4, -0.2) is 23.2 Å². The van der Waals surface area contributed by atoms with E-state index in [2.05, 4.69) is 4.98 Å². The molecule has 0 radical (unpaired) electrons. The molecular weight excluding hydrogens is 270 g/mol. The highest BCUT2D eigenvalue weighted by molar-refractivity contribution is 6.30. The molecule has 98 valence electrons. The van der Waals surface area contributed by atoms with Crippen LogP contribution in [0.5, 0.6) is 5.75 Å². The normalized spacial score (nSPS) is 10.2. The summed E-state index contributed by atoms with van der Waals surface area (Å²) in [5.74, 6) is -0.742. The first-order chi connectivity index (χ1) is 9.02. The number of pyridine rings is 1. The number of carboxylic acid groups (broad SMARTS) is 1. The minimum absolute atomic E-state index is 0.315. The van der Waals surface area contributed by atoms with Crippen molar-refractivity contribution in [3.63, 3.8) is 0 Å². The molecule has 0 atom stereocenters. The second kappa shape index (κ2) is 5.16. The highest BCUT2D eigenvalue weighted by atomic mass is 35.5. The van der Waals surface area contributed by atoms with Crippen LogP contribution in [0.25, 0.3) is 11.3 Å². The van der Waals surface area contributed by atoms with E-state index in [-0.39, 0.29) is 5.56 Å². The van der Waals surface area contributed by atoms with Gasteiger partial charge in [0.15, 0.2) is 0 Å². The Balaban J connectivity index is 2.60. The van der Waals surface area contributed by atoms with Crippen molar-refractivity contribution in [2.75, 3.05) is 7.11 Å². The van der Waals surface area contributed by atoms with Gasteiger partial charge in [-0.3, -0.25) is 4.79 Å². The summed E-state index contributed by atoms with van der Waals surface area (Å²) in [5.41, 5.74) is 0.0372. The average Bonchev–Trinajstić information content (AvgIpc) is 2.38. The summed E-state index contributed by atoms with van der Waals surface area (Å²) >= 11 is 5.90. The van der Waals surface area contributed by atoms with E-state index >= 15 is 0 Å². The van der Waals surface area contributed by atoms with E-state index in [9.17, 15) is 9.59 Å². The van der Waals surface area contributed by atoms with Crippen LogP contribution in [-0.2, 0) is 0 Å². The quantitative estimate of drug-likeness (QED) is 0.904. The Morgan fingerprint density at radius 3 is 2.63 bits per heavy atom. The van der Waals surface area contributed by atoms with Crippen molar-refractivity contribution in [1.82, 2.24) is 4.98 Å². The van der Waals surface area contributed by atoms with Gasteiger partial charge >= 0.3 is 5.97 Å². The van der Waals surface area contributed by atoms with Crippen LogP contribution in [0.1, 0.15) is 10.4 Å². The Kier molecular flexibility index (Phi) is 3.57. The molecule has 5 nitrogen and oxygen atoms in total. The van der Waals surface area contributed by atoms with E-state index in [0.717, 1.165) is 0 Å². The topological polar surface area (TPSA) is 79.4 Å². The fourth-order valence-corrected chi connectivity index (χ4v) is 1.86. The van der Waals surface area contributed by atoms with Crippen LogP contribution < -0.4 is 10.3 Å². The number of hydrogen-bond acceptors (Lipinski definition) is 3. The zero-order valence-electron chi connectivity index (χ0n) is 9.94. The lowest BCUT2D eigenvalue weighted by molar-refractivity contribution is 0.0695. The zero-order chi connectivity index (χ0) is 14.0. The number of hydrogen-bond donors (Lipinski definition) is 2. The number of aromatic nitrogens is 1. The number of benzene rings is 1. The van der Waals surface area contributed by atoms with Crippen LogP contribution in [0, 0.1) is 0 Å². The van der Waals surface area contributed by atoms with Gasteiger partial charge in [-0.05, 0) is 30.3 Å². The van der Waals surface area contributed by atoms with Crippen LogP contribution in [0.3, 0.4) is 0 Å². The van der Waals surface area contributed by atoms with E-state index in [1.54, 1.807) is 18.2 Å². The Morgan fingerprint density at radius 1 is 1.32 bits per heavy atom. The van der Waals surface area contributed by atoms with Crippen molar-refractivity contribution in [2.45, 2.75) is 0 Å². The Labute approximate surface area is 113 Å². The molecule has 0 saturated carbocycles. The van der Waals surface area contributed by atoms with E-state index in [0.29, 0.717) is 22.0 Å². The van der Waals surface area contributed by atoms with Gasteiger partial charge in [0.1, 0.15) is 11.3 Å². The van der Waals surface area contributed by atoms with Gasteiger partial charge in [-0.2, -0.15) is 0 Å². The van der Waals surface area contributed by atoms with E-state index in [1.165, 1.54) is 19.2 Å². The summed E-state index contributed by atoms with van der Waals surface area (Å²) in [7, 11) is 1.50. The first-order valence-electron chi connectivity index (χ1n) is 5.33. The predicted octanol–water partition coefficient (Wildman–Crippen LogP) is 2.40. The molecule has 1 aromatic carbocycles. The first-order valence-corrected chi connectivity index (χ1v) is 5.71. The standard InChI is InChI=1S/C13H10ClNO4/c1-19-11-5-2-7(14)6-9(11)10-4-3-8(13(17)18)12(16)15-10/h2-6H,1H3,(H,15,16)(H,17,18). The molecule has 0 aliphatic carbocycles. The number of aromatic carboxylic acids is 1. The van der Waals surface area contributed by atoms with Crippen molar-refractivity contribution in [3.05, 3.63) is 51.3 Å². The van der Waals surface area contributed by atoms with Crippen molar-refractivity contribution in [1.29, 1.82) is 0 Å². The van der Waals surface area contributed by atoms with Gasteiger partial charge in [0.2, 0.25) is 0 Å². The lowest BCUT2D eigenvalue weighted by Crippen LogP contribution is -2.17. The third-order valence-electron chi connectivity index (χ3n) is 2.59. The molecule has 0 amide bonds. The molecule has 2 aromatic rings. The zero-order valence-corrected chi connectivity index (χ0v) is 10.7. The van der Waals surface area contributed by atoms with E-state index in [1.807, 2.05) is 0 Å². The number of nitrogens with one attached hydrogen (secondary N) is 1. The fraction of sp³-hybridized carbons (Fsp3) is 0.0769. The van der Waals surface area contributed by atoms with Gasteiger partial charge in [-0.1, -0.05) is 11.6 Å². The van der Waals surface area contributed by atoms with Crippen LogP contribution >= 0.6 is 11.6 Å². The summed E-state index contributed by atoms with van der Waals surface area (Å²) < 4.78 is 5.18. The third-order valence-corrected chi connectivity index (χ3v) is 2.83. The number of ether oxygens (including phenoxy) is 1. The van der Waals surface area contributed by atoms with Crippen LogP contribution in [0.15, 0.2) is 35.1 Å². The monoisotopic (exact) mass is 279 g/mol. The Bertz CT molecular complexity index is 693. The molecular formula is C13H10ClNO4. The molecule has 1 aromatic heterocycles. The highest BCUT2D eigenvalue weighted by Crippen LogP contribution is 2.30.